The first kappa shape index (κ1) is 21.3. The molecule has 4 rings (SSSR count). The number of quaternary nitrogens is 2. The minimum atomic E-state index is -0.491. The number of piperazine rings is 1. The van der Waals surface area contributed by atoms with Crippen LogP contribution in [0.25, 0.3) is 0 Å². The van der Waals surface area contributed by atoms with Crippen LogP contribution in [0.5, 0.6) is 0 Å². The Morgan fingerprint density at radius 1 is 0.968 bits per heavy atom. The van der Waals surface area contributed by atoms with Crippen LogP contribution in [-0.2, 0) is 17.6 Å². The molecule has 2 aliphatic rings. The lowest BCUT2D eigenvalue weighted by molar-refractivity contribution is -0.968. The molecule has 0 unspecified atom stereocenters. The van der Waals surface area contributed by atoms with Crippen LogP contribution >= 0.6 is 0 Å². The van der Waals surface area contributed by atoms with E-state index < -0.39 is 6.09 Å². The summed E-state index contributed by atoms with van der Waals surface area (Å²) in [5, 5.41) is 2.80. The molecule has 2 aromatic carbocycles. The number of aryl methyl sites for hydroxylation is 2. The first-order valence-corrected chi connectivity index (χ1v) is 11.1. The predicted molar refractivity (Wildman–Crippen MR) is 120 cm³/mol. The van der Waals surface area contributed by atoms with E-state index in [1.54, 1.807) is 0 Å². The minimum Gasteiger partial charge on any atom is -0.447 e. The van der Waals surface area contributed by atoms with Crippen molar-refractivity contribution < 1.29 is 24.1 Å². The molecule has 164 valence electrons. The molecule has 1 fully saturated rings. The van der Waals surface area contributed by atoms with Gasteiger partial charge in [0.05, 0.1) is 24.5 Å². The number of nitrogens with zero attached hydrogens (tertiary/aromatic N) is 1. The van der Waals surface area contributed by atoms with Gasteiger partial charge in [-0.05, 0) is 56.0 Å². The first-order chi connectivity index (χ1) is 14.9. The minimum absolute atomic E-state index is 0.0741. The van der Waals surface area contributed by atoms with Gasteiger partial charge in [-0.25, -0.2) is 19.4 Å². The van der Waals surface area contributed by atoms with Crippen LogP contribution in [0.15, 0.2) is 42.5 Å². The van der Waals surface area contributed by atoms with Crippen LogP contribution in [0.2, 0.25) is 0 Å². The lowest BCUT2D eigenvalue weighted by Gasteiger charge is -2.31. The van der Waals surface area contributed by atoms with Crippen LogP contribution in [-0.4, -0.2) is 51.5 Å². The highest BCUT2D eigenvalue weighted by molar-refractivity contribution is 5.98. The van der Waals surface area contributed by atoms with Crippen molar-refractivity contribution in [2.24, 2.45) is 0 Å². The topological polar surface area (TPSA) is 67.5 Å². The van der Waals surface area contributed by atoms with Crippen LogP contribution in [0, 0.1) is 0 Å². The number of hydrogen-bond donors (Lipinski definition) is 3. The Morgan fingerprint density at radius 2 is 1.65 bits per heavy atom. The number of carbonyl (C=O) groups is 2. The molecule has 3 amide bonds. The fraction of sp³-hybridized carbons (Fsp3) is 0.417. The molecule has 31 heavy (non-hydrogen) atoms. The molecule has 1 saturated heterocycles. The maximum absolute atomic E-state index is 13.8. The van der Waals surface area contributed by atoms with Gasteiger partial charge in [0.2, 0.25) is 0 Å². The van der Waals surface area contributed by atoms with Crippen molar-refractivity contribution in [2.45, 2.75) is 32.8 Å². The normalized spacial score (nSPS) is 20.5. The van der Waals surface area contributed by atoms with Gasteiger partial charge in [0, 0.05) is 5.69 Å². The second kappa shape index (κ2) is 9.08. The Hall–Kier alpha value is -2.90. The maximum Gasteiger partial charge on any atom is 0.426 e. The third kappa shape index (κ3) is 4.73. The molecular formula is C24H32N4O3+2. The number of nitrogens with one attached hydrogen (secondary N) is 3. The summed E-state index contributed by atoms with van der Waals surface area (Å²) >= 11 is 0. The van der Waals surface area contributed by atoms with E-state index in [1.165, 1.54) is 10.5 Å². The smallest absolute Gasteiger partial charge is 0.426 e. The van der Waals surface area contributed by atoms with Gasteiger partial charge in [0.1, 0.15) is 26.2 Å². The van der Waals surface area contributed by atoms with Crippen LogP contribution < -0.4 is 20.0 Å². The number of rotatable bonds is 2. The van der Waals surface area contributed by atoms with E-state index in [-0.39, 0.29) is 12.1 Å². The standard InChI is InChI=1S/C24H30N4O3/c1-17(2)31-23(29)25-20-11-10-19-9-8-18-6-4-5-7-21(18)28(22(19)16-20)24(30)27-14-12-26(3)13-15-27/h4-7,10-11,16-17H,8-9,12-15H2,1-3H3,(H,25,29)/p+2. The van der Waals surface area contributed by atoms with Crippen molar-refractivity contribution >= 4 is 29.2 Å². The highest BCUT2D eigenvalue weighted by atomic mass is 16.6. The molecule has 2 aromatic rings. The molecule has 7 nitrogen and oxygen atoms in total. The second-order valence-corrected chi connectivity index (χ2v) is 8.75. The Bertz CT molecular complexity index is 967. The van der Waals surface area contributed by atoms with Crippen molar-refractivity contribution in [1.29, 1.82) is 0 Å². The van der Waals surface area contributed by atoms with Gasteiger partial charge in [-0.2, -0.15) is 0 Å². The van der Waals surface area contributed by atoms with Gasteiger partial charge in [-0.15, -0.1) is 0 Å². The van der Waals surface area contributed by atoms with E-state index in [4.69, 9.17) is 4.74 Å². The van der Waals surface area contributed by atoms with Gasteiger partial charge in [0.25, 0.3) is 0 Å². The summed E-state index contributed by atoms with van der Waals surface area (Å²) in [6.07, 6.45) is 1.02. The molecular weight excluding hydrogens is 392 g/mol. The highest BCUT2D eigenvalue weighted by Gasteiger charge is 2.35. The molecule has 0 spiro atoms. The number of anilines is 3. The summed E-state index contributed by atoms with van der Waals surface area (Å²) in [6, 6.07) is 14.0. The van der Waals surface area contributed by atoms with Gasteiger partial charge < -0.3 is 9.64 Å². The lowest BCUT2D eigenvalue weighted by atomic mass is 10.0. The van der Waals surface area contributed by atoms with E-state index in [1.807, 2.05) is 55.1 Å². The van der Waals surface area contributed by atoms with E-state index >= 15 is 0 Å². The van der Waals surface area contributed by atoms with Gasteiger partial charge in [-0.1, -0.05) is 24.3 Å². The zero-order chi connectivity index (χ0) is 22.0. The molecule has 0 bridgehead atoms. The Kier molecular flexibility index (Phi) is 6.25. The van der Waals surface area contributed by atoms with Crippen molar-refractivity contribution in [3.8, 4) is 0 Å². The number of urea groups is 1. The molecule has 2 heterocycles. The zero-order valence-electron chi connectivity index (χ0n) is 18.5. The Morgan fingerprint density at radius 3 is 2.35 bits per heavy atom. The number of likely N-dealkylation sites (N-methyl/N-ethyl adjacent to an activating group) is 1. The summed E-state index contributed by atoms with van der Waals surface area (Å²) in [5.74, 6) is 0. The van der Waals surface area contributed by atoms with Crippen LogP contribution in [0.3, 0.4) is 0 Å². The average molecular weight is 425 g/mol. The Labute approximate surface area is 183 Å². The number of ether oxygens (including phenoxy) is 1. The fourth-order valence-corrected chi connectivity index (χ4v) is 4.33. The zero-order valence-corrected chi connectivity index (χ0v) is 18.5. The van der Waals surface area contributed by atoms with Gasteiger partial charge in [-0.3, -0.25) is 5.32 Å². The van der Waals surface area contributed by atoms with Crippen LogP contribution in [0.4, 0.5) is 26.7 Å². The maximum atomic E-state index is 13.8. The number of para-hydroxylation sites is 1. The summed E-state index contributed by atoms with van der Waals surface area (Å²) in [6.45, 7) is 7.22. The number of amides is 3. The summed E-state index contributed by atoms with van der Waals surface area (Å²) < 4.78 is 5.22. The molecule has 0 saturated carbocycles. The number of benzene rings is 2. The second-order valence-electron chi connectivity index (χ2n) is 8.75. The molecule has 0 aliphatic carbocycles. The summed E-state index contributed by atoms with van der Waals surface area (Å²) in [5.41, 5.74) is 4.67. The van der Waals surface area contributed by atoms with E-state index in [9.17, 15) is 9.59 Å². The number of fused-ring (bicyclic) bond motifs is 2. The van der Waals surface area contributed by atoms with E-state index in [2.05, 4.69) is 18.4 Å². The molecule has 2 aliphatic heterocycles. The quantitative estimate of drug-likeness (QED) is 0.683. The third-order valence-corrected chi connectivity index (χ3v) is 6.02. The van der Waals surface area contributed by atoms with Crippen molar-refractivity contribution in [3.05, 3.63) is 53.6 Å². The van der Waals surface area contributed by atoms with E-state index in [0.29, 0.717) is 5.69 Å². The number of hydrogen-bond acceptors (Lipinski definition) is 3. The summed E-state index contributed by atoms with van der Waals surface area (Å²) in [4.78, 5) is 30.2. The Balaban J connectivity index is 1.71. The SMILES string of the molecule is CC(C)OC(=O)Nc1ccc2c(c1)N(C(=O)[NH+]1CC[NH+](C)CC1)c1ccccc1CC2. The van der Waals surface area contributed by atoms with Gasteiger partial charge >= 0.3 is 12.1 Å². The largest absolute Gasteiger partial charge is 0.447 e. The first-order valence-electron chi connectivity index (χ1n) is 11.1. The van der Waals surface area contributed by atoms with Gasteiger partial charge in [0.15, 0.2) is 0 Å². The van der Waals surface area contributed by atoms with Crippen LogP contribution in [0.1, 0.15) is 25.0 Å². The monoisotopic (exact) mass is 424 g/mol. The average Bonchev–Trinajstić information content (AvgIpc) is 2.89. The molecule has 7 heteroatoms. The molecule has 3 N–H and O–H groups in total. The summed E-state index contributed by atoms with van der Waals surface area (Å²) in [7, 11) is 2.17. The van der Waals surface area contributed by atoms with Crippen molar-refractivity contribution in [1.82, 2.24) is 0 Å². The molecule has 0 radical (unpaired) electrons. The predicted octanol–water partition coefficient (Wildman–Crippen LogP) is 1.41. The van der Waals surface area contributed by atoms with Crippen molar-refractivity contribution in [3.63, 3.8) is 0 Å². The van der Waals surface area contributed by atoms with Crippen molar-refractivity contribution in [2.75, 3.05) is 43.4 Å². The molecule has 0 aromatic heterocycles. The van der Waals surface area contributed by atoms with E-state index in [0.717, 1.165) is 60.9 Å². The number of carbonyl (C=O) groups excluding carboxylic acids is 2. The molecule has 0 atom stereocenters. The third-order valence-electron chi connectivity index (χ3n) is 6.02. The fourth-order valence-electron chi connectivity index (χ4n) is 4.33. The lowest BCUT2D eigenvalue weighted by Crippen LogP contribution is -3.28. The highest BCUT2D eigenvalue weighted by Crippen LogP contribution is 2.37.